The molecule has 0 N–H and O–H groups in total. The smallest absolute Gasteiger partial charge is 0.0418 e. The lowest BCUT2D eigenvalue weighted by Gasteiger charge is -2.11. The van der Waals surface area contributed by atoms with E-state index in [0.717, 1.165) is 5.02 Å². The minimum Gasteiger partial charge on any atom is -0.0843 e. The van der Waals surface area contributed by atoms with Crippen molar-refractivity contribution >= 4 is 33.1 Å². The lowest BCUT2D eigenvalue weighted by Crippen LogP contribution is -1.84. The van der Waals surface area contributed by atoms with Gasteiger partial charge in [0.15, 0.2) is 0 Å². The quantitative estimate of drug-likeness (QED) is 0.385. The van der Waals surface area contributed by atoms with Crippen LogP contribution in [0, 0.1) is 0 Å². The molecule has 1 heteroatoms. The number of hydrogen-bond acceptors (Lipinski definition) is 0. The van der Waals surface area contributed by atoms with Crippen molar-refractivity contribution in [1.82, 2.24) is 0 Å². The van der Waals surface area contributed by atoms with Gasteiger partial charge in [0.25, 0.3) is 0 Å². The zero-order valence-corrected chi connectivity index (χ0v) is 12.1. The molecular weight excluding hydrogens is 276 g/mol. The van der Waals surface area contributed by atoms with Gasteiger partial charge in [-0.25, -0.2) is 0 Å². The molecule has 0 aliphatic rings. The first-order valence-corrected chi connectivity index (χ1v) is 7.37. The Bertz CT molecular complexity index is 949. The van der Waals surface area contributed by atoms with Gasteiger partial charge < -0.3 is 0 Å². The molecule has 0 nitrogen and oxygen atoms in total. The van der Waals surface area contributed by atoms with Crippen molar-refractivity contribution in [1.29, 1.82) is 0 Å². The fraction of sp³-hybridized carbons (Fsp3) is 0. The molecule has 0 radical (unpaired) electrons. The SMILES string of the molecule is Clc1cc(-c2cccc3ccccc23)c2ccccc2c1. The Labute approximate surface area is 128 Å². The topological polar surface area (TPSA) is 0 Å². The highest BCUT2D eigenvalue weighted by Crippen LogP contribution is 2.35. The molecule has 0 aliphatic carbocycles. The van der Waals surface area contributed by atoms with Crippen molar-refractivity contribution in [3.63, 3.8) is 0 Å². The number of benzene rings is 4. The van der Waals surface area contributed by atoms with Gasteiger partial charge in [-0.1, -0.05) is 78.3 Å². The highest BCUT2D eigenvalue weighted by atomic mass is 35.5. The second-order valence-corrected chi connectivity index (χ2v) is 5.64. The van der Waals surface area contributed by atoms with E-state index in [0.29, 0.717) is 0 Å². The lowest BCUT2D eigenvalue weighted by molar-refractivity contribution is 1.68. The Morgan fingerprint density at radius 1 is 0.524 bits per heavy atom. The summed E-state index contributed by atoms with van der Waals surface area (Å²) in [6, 6.07) is 27.3. The van der Waals surface area contributed by atoms with E-state index in [-0.39, 0.29) is 0 Å². The molecule has 4 aromatic carbocycles. The average molecular weight is 289 g/mol. The molecule has 21 heavy (non-hydrogen) atoms. The van der Waals surface area contributed by atoms with Crippen molar-refractivity contribution in [2.45, 2.75) is 0 Å². The summed E-state index contributed by atoms with van der Waals surface area (Å²) in [4.78, 5) is 0. The Morgan fingerprint density at radius 2 is 1.14 bits per heavy atom. The average Bonchev–Trinajstić information content (AvgIpc) is 2.53. The van der Waals surface area contributed by atoms with Gasteiger partial charge in [-0.05, 0) is 44.8 Å². The zero-order chi connectivity index (χ0) is 14.2. The number of rotatable bonds is 1. The van der Waals surface area contributed by atoms with Gasteiger partial charge in [0, 0.05) is 5.02 Å². The minimum atomic E-state index is 0.775. The third kappa shape index (κ3) is 2.09. The van der Waals surface area contributed by atoms with Crippen LogP contribution in [-0.4, -0.2) is 0 Å². The predicted molar refractivity (Wildman–Crippen MR) is 91.9 cm³/mol. The van der Waals surface area contributed by atoms with Crippen LogP contribution >= 0.6 is 11.6 Å². The molecule has 0 amide bonds. The largest absolute Gasteiger partial charge is 0.0843 e. The van der Waals surface area contributed by atoms with Crippen LogP contribution in [0.25, 0.3) is 32.7 Å². The zero-order valence-electron chi connectivity index (χ0n) is 11.4. The van der Waals surface area contributed by atoms with E-state index < -0.39 is 0 Å². The first-order valence-electron chi connectivity index (χ1n) is 6.99. The lowest BCUT2D eigenvalue weighted by atomic mass is 9.94. The van der Waals surface area contributed by atoms with Crippen LogP contribution in [0.1, 0.15) is 0 Å². The summed E-state index contributed by atoms with van der Waals surface area (Å²) in [7, 11) is 0. The molecule has 0 aromatic heterocycles. The standard InChI is InChI=1S/C20H13Cl/c21-16-12-15-7-2-4-10-18(15)20(13-16)19-11-5-8-14-6-1-3-9-17(14)19/h1-13H. The van der Waals surface area contributed by atoms with E-state index >= 15 is 0 Å². The number of hydrogen-bond donors (Lipinski definition) is 0. The van der Waals surface area contributed by atoms with Gasteiger partial charge in [0.2, 0.25) is 0 Å². The van der Waals surface area contributed by atoms with Crippen LogP contribution in [0.5, 0.6) is 0 Å². The maximum Gasteiger partial charge on any atom is 0.0418 e. The van der Waals surface area contributed by atoms with Crippen LogP contribution < -0.4 is 0 Å². The molecule has 0 aliphatic heterocycles. The summed E-state index contributed by atoms with van der Waals surface area (Å²) in [5, 5.41) is 5.69. The van der Waals surface area contributed by atoms with E-state index in [1.54, 1.807) is 0 Å². The van der Waals surface area contributed by atoms with Crippen LogP contribution in [0.2, 0.25) is 5.02 Å². The van der Waals surface area contributed by atoms with Crippen molar-refractivity contribution in [3.05, 3.63) is 83.9 Å². The van der Waals surface area contributed by atoms with Gasteiger partial charge in [-0.3, -0.25) is 0 Å². The van der Waals surface area contributed by atoms with Gasteiger partial charge in [-0.15, -0.1) is 0 Å². The molecule has 0 fully saturated rings. The Kier molecular flexibility index (Phi) is 2.90. The summed E-state index contributed by atoms with van der Waals surface area (Å²) >= 11 is 6.32. The van der Waals surface area contributed by atoms with Crippen molar-refractivity contribution < 1.29 is 0 Å². The van der Waals surface area contributed by atoms with Crippen molar-refractivity contribution in [2.75, 3.05) is 0 Å². The first-order chi connectivity index (χ1) is 10.3. The highest BCUT2D eigenvalue weighted by Gasteiger charge is 2.08. The van der Waals surface area contributed by atoms with Crippen molar-refractivity contribution in [3.8, 4) is 11.1 Å². The second-order valence-electron chi connectivity index (χ2n) is 5.20. The maximum atomic E-state index is 6.32. The molecule has 0 spiro atoms. The summed E-state index contributed by atoms with van der Waals surface area (Å²) in [6.45, 7) is 0. The molecule has 0 heterocycles. The highest BCUT2D eigenvalue weighted by molar-refractivity contribution is 6.32. The maximum absolute atomic E-state index is 6.32. The minimum absolute atomic E-state index is 0.775. The van der Waals surface area contributed by atoms with E-state index in [9.17, 15) is 0 Å². The summed E-state index contributed by atoms with van der Waals surface area (Å²) < 4.78 is 0. The van der Waals surface area contributed by atoms with E-state index in [1.807, 2.05) is 12.1 Å². The summed E-state index contributed by atoms with van der Waals surface area (Å²) in [5.74, 6) is 0. The Hall–Kier alpha value is -2.31. The van der Waals surface area contributed by atoms with Gasteiger partial charge in [-0.2, -0.15) is 0 Å². The molecule has 0 atom stereocenters. The van der Waals surface area contributed by atoms with E-state index in [4.69, 9.17) is 11.6 Å². The van der Waals surface area contributed by atoms with E-state index in [2.05, 4.69) is 66.7 Å². The first kappa shape index (κ1) is 12.4. The van der Waals surface area contributed by atoms with Crippen LogP contribution in [0.15, 0.2) is 78.9 Å². The van der Waals surface area contributed by atoms with E-state index in [1.165, 1.54) is 32.7 Å². The molecule has 100 valence electrons. The van der Waals surface area contributed by atoms with Crippen molar-refractivity contribution in [2.24, 2.45) is 0 Å². The Morgan fingerprint density at radius 3 is 1.95 bits per heavy atom. The van der Waals surface area contributed by atoms with Gasteiger partial charge in [0.1, 0.15) is 0 Å². The second kappa shape index (κ2) is 4.91. The number of fused-ring (bicyclic) bond motifs is 2. The molecule has 4 aromatic rings. The molecular formula is C20H13Cl. The predicted octanol–water partition coefficient (Wildman–Crippen LogP) is 6.31. The van der Waals surface area contributed by atoms with Crippen LogP contribution in [0.3, 0.4) is 0 Å². The fourth-order valence-electron chi connectivity index (χ4n) is 2.96. The molecule has 4 rings (SSSR count). The van der Waals surface area contributed by atoms with Crippen LogP contribution in [0.4, 0.5) is 0 Å². The summed E-state index contributed by atoms with van der Waals surface area (Å²) in [6.07, 6.45) is 0. The fourth-order valence-corrected chi connectivity index (χ4v) is 3.18. The molecule has 0 unspecified atom stereocenters. The van der Waals surface area contributed by atoms with Crippen LogP contribution in [-0.2, 0) is 0 Å². The monoisotopic (exact) mass is 288 g/mol. The third-order valence-electron chi connectivity index (χ3n) is 3.91. The summed E-state index contributed by atoms with van der Waals surface area (Å²) in [5.41, 5.74) is 2.42. The molecule has 0 saturated heterocycles. The number of halogens is 1. The molecule has 0 bridgehead atoms. The third-order valence-corrected chi connectivity index (χ3v) is 4.12. The molecule has 0 saturated carbocycles. The van der Waals surface area contributed by atoms with Gasteiger partial charge in [0.05, 0.1) is 0 Å². The normalized spacial score (nSPS) is 11.1. The van der Waals surface area contributed by atoms with Gasteiger partial charge >= 0.3 is 0 Å². The Balaban J connectivity index is 2.14.